The van der Waals surface area contributed by atoms with Gasteiger partial charge in [0.25, 0.3) is 5.91 Å². The molecule has 24 heavy (non-hydrogen) atoms. The Labute approximate surface area is 148 Å². The van der Waals surface area contributed by atoms with Gasteiger partial charge in [0.2, 0.25) is 0 Å². The van der Waals surface area contributed by atoms with E-state index in [0.29, 0.717) is 29.8 Å². The zero-order valence-electron chi connectivity index (χ0n) is 14.8. The Morgan fingerprint density at radius 3 is 2.46 bits per heavy atom. The molecule has 0 saturated heterocycles. The lowest BCUT2D eigenvalue weighted by Gasteiger charge is -2.26. The summed E-state index contributed by atoms with van der Waals surface area (Å²) >= 11 is 6.02. The highest BCUT2D eigenvalue weighted by atomic mass is 35.5. The number of carbonyl (C=O) groups excluding carboxylic acids is 2. The van der Waals surface area contributed by atoms with Crippen molar-refractivity contribution in [3.05, 3.63) is 29.3 Å². The number of nitrogens with zero attached hydrogens (tertiary/aromatic N) is 1. The average molecular weight is 356 g/mol. The molecule has 1 rings (SSSR count). The minimum atomic E-state index is -0.383. The van der Waals surface area contributed by atoms with Gasteiger partial charge in [0.05, 0.1) is 18.1 Å². The third-order valence-electron chi connectivity index (χ3n) is 3.61. The predicted octanol–water partition coefficient (Wildman–Crippen LogP) is 3.40. The van der Waals surface area contributed by atoms with E-state index in [2.05, 4.69) is 13.8 Å². The minimum absolute atomic E-state index is 0.115. The molecule has 0 fully saturated rings. The van der Waals surface area contributed by atoms with E-state index in [1.807, 2.05) is 0 Å². The van der Waals surface area contributed by atoms with E-state index in [1.54, 1.807) is 36.1 Å². The Balaban J connectivity index is 2.68. The predicted molar refractivity (Wildman–Crippen MR) is 94.2 cm³/mol. The number of rotatable bonds is 9. The molecule has 0 saturated carbocycles. The van der Waals surface area contributed by atoms with Crippen molar-refractivity contribution in [3.8, 4) is 5.75 Å². The summed E-state index contributed by atoms with van der Waals surface area (Å²) < 4.78 is 10.3. The zero-order chi connectivity index (χ0) is 18.1. The summed E-state index contributed by atoms with van der Waals surface area (Å²) in [6.07, 6.45) is 0.853. The highest BCUT2D eigenvalue weighted by molar-refractivity contribution is 6.32. The van der Waals surface area contributed by atoms with Crippen LogP contribution in [0.1, 0.15) is 27.2 Å². The van der Waals surface area contributed by atoms with Crippen LogP contribution < -0.4 is 4.74 Å². The Bertz CT molecular complexity index is 548. The molecule has 1 amide bonds. The van der Waals surface area contributed by atoms with Crippen LogP contribution >= 0.6 is 11.6 Å². The Hall–Kier alpha value is -1.75. The molecule has 0 aliphatic heterocycles. The summed E-state index contributed by atoms with van der Waals surface area (Å²) in [5, 5.41) is 0.460. The number of hydrogen-bond donors (Lipinski definition) is 0. The van der Waals surface area contributed by atoms with Crippen molar-refractivity contribution < 1.29 is 19.1 Å². The smallest absolute Gasteiger partial charge is 0.310 e. The first-order valence-electron chi connectivity index (χ1n) is 8.08. The number of hydrogen-bond acceptors (Lipinski definition) is 4. The van der Waals surface area contributed by atoms with Gasteiger partial charge in [0, 0.05) is 13.1 Å². The molecule has 0 N–H and O–H groups in total. The number of benzene rings is 1. The van der Waals surface area contributed by atoms with Crippen molar-refractivity contribution in [1.82, 2.24) is 4.90 Å². The van der Waals surface area contributed by atoms with Gasteiger partial charge in [0.1, 0.15) is 5.75 Å². The molecule has 0 spiro atoms. The molecule has 0 heterocycles. The molecule has 1 aromatic rings. The summed E-state index contributed by atoms with van der Waals surface area (Å²) in [6, 6.07) is 7.01. The maximum Gasteiger partial charge on any atom is 0.310 e. The number of amides is 1. The highest BCUT2D eigenvalue weighted by Gasteiger charge is 2.22. The molecule has 0 aromatic heterocycles. The molecule has 0 radical (unpaired) electrons. The zero-order valence-corrected chi connectivity index (χ0v) is 15.5. The van der Waals surface area contributed by atoms with Crippen LogP contribution in [0.3, 0.4) is 0 Å². The number of halogens is 1. The van der Waals surface area contributed by atoms with Gasteiger partial charge in [-0.15, -0.1) is 0 Å². The van der Waals surface area contributed by atoms with Gasteiger partial charge >= 0.3 is 5.97 Å². The van der Waals surface area contributed by atoms with E-state index < -0.39 is 0 Å². The highest BCUT2D eigenvalue weighted by Crippen LogP contribution is 2.23. The lowest BCUT2D eigenvalue weighted by atomic mass is 10.1. The minimum Gasteiger partial charge on any atom is -0.482 e. The standard InChI is InChI=1S/C18H26ClNO4/c1-13(2)9-10-20(11-14(3)18(22)23-4)17(21)12-24-16-8-6-5-7-15(16)19/h5-8,13-14H,9-12H2,1-4H3. The fourth-order valence-electron chi connectivity index (χ4n) is 2.13. The summed E-state index contributed by atoms with van der Waals surface area (Å²) in [7, 11) is 1.35. The second kappa shape index (κ2) is 10.2. The van der Waals surface area contributed by atoms with Crippen molar-refractivity contribution in [3.63, 3.8) is 0 Å². The van der Waals surface area contributed by atoms with Crippen molar-refractivity contribution >= 4 is 23.5 Å². The third-order valence-corrected chi connectivity index (χ3v) is 3.93. The van der Waals surface area contributed by atoms with Crippen LogP contribution in [-0.4, -0.2) is 43.6 Å². The van der Waals surface area contributed by atoms with Crippen LogP contribution in [0.2, 0.25) is 5.02 Å². The largest absolute Gasteiger partial charge is 0.482 e. The van der Waals surface area contributed by atoms with Crippen LogP contribution in [0.25, 0.3) is 0 Å². The molecular weight excluding hydrogens is 330 g/mol. The number of ether oxygens (including phenoxy) is 2. The molecule has 6 heteroatoms. The molecule has 0 aliphatic carbocycles. The molecule has 0 aliphatic rings. The van der Waals surface area contributed by atoms with E-state index in [0.717, 1.165) is 6.42 Å². The molecule has 134 valence electrons. The second-order valence-corrected chi connectivity index (χ2v) is 6.57. The van der Waals surface area contributed by atoms with Crippen LogP contribution in [0.5, 0.6) is 5.75 Å². The van der Waals surface area contributed by atoms with Crippen molar-refractivity contribution in [2.45, 2.75) is 27.2 Å². The Morgan fingerprint density at radius 2 is 1.88 bits per heavy atom. The van der Waals surface area contributed by atoms with Crippen LogP contribution in [0.15, 0.2) is 24.3 Å². The molecule has 0 bridgehead atoms. The van der Waals surface area contributed by atoms with E-state index >= 15 is 0 Å². The summed E-state index contributed by atoms with van der Waals surface area (Å²) in [4.78, 5) is 25.8. The monoisotopic (exact) mass is 355 g/mol. The number of carbonyl (C=O) groups is 2. The van der Waals surface area contributed by atoms with Crippen molar-refractivity contribution in [1.29, 1.82) is 0 Å². The second-order valence-electron chi connectivity index (χ2n) is 6.17. The van der Waals surface area contributed by atoms with Gasteiger partial charge in [-0.05, 0) is 24.5 Å². The van der Waals surface area contributed by atoms with E-state index in [1.165, 1.54) is 7.11 Å². The van der Waals surface area contributed by atoms with Crippen molar-refractivity contribution in [2.24, 2.45) is 11.8 Å². The average Bonchev–Trinajstić information content (AvgIpc) is 2.56. The topological polar surface area (TPSA) is 55.8 Å². The Morgan fingerprint density at radius 1 is 1.21 bits per heavy atom. The van der Waals surface area contributed by atoms with E-state index in [4.69, 9.17) is 21.1 Å². The van der Waals surface area contributed by atoms with Gasteiger partial charge < -0.3 is 14.4 Å². The first-order valence-corrected chi connectivity index (χ1v) is 8.45. The van der Waals surface area contributed by atoms with Crippen LogP contribution in [0, 0.1) is 11.8 Å². The fourth-order valence-corrected chi connectivity index (χ4v) is 2.32. The lowest BCUT2D eigenvalue weighted by molar-refractivity contribution is -0.146. The van der Waals surface area contributed by atoms with Gasteiger partial charge in [-0.25, -0.2) is 0 Å². The maximum atomic E-state index is 12.5. The number of para-hydroxylation sites is 1. The summed E-state index contributed by atoms with van der Waals surface area (Å²) in [6.45, 7) is 6.69. The van der Waals surface area contributed by atoms with Crippen LogP contribution in [-0.2, 0) is 14.3 Å². The van der Waals surface area contributed by atoms with Gasteiger partial charge in [0.15, 0.2) is 6.61 Å². The molecule has 1 unspecified atom stereocenters. The third kappa shape index (κ3) is 6.79. The Kier molecular flexibility index (Phi) is 8.61. The van der Waals surface area contributed by atoms with Crippen molar-refractivity contribution in [2.75, 3.05) is 26.8 Å². The van der Waals surface area contributed by atoms with Crippen LogP contribution in [0.4, 0.5) is 0 Å². The van der Waals surface area contributed by atoms with Gasteiger partial charge in [-0.1, -0.05) is 44.5 Å². The summed E-state index contributed by atoms with van der Waals surface area (Å²) in [5.74, 6) is 0.0395. The molecule has 1 aromatic carbocycles. The van der Waals surface area contributed by atoms with E-state index in [-0.39, 0.29) is 24.4 Å². The summed E-state index contributed by atoms with van der Waals surface area (Å²) in [5.41, 5.74) is 0. The first kappa shape index (κ1) is 20.3. The normalized spacial score (nSPS) is 11.9. The maximum absolute atomic E-state index is 12.5. The lowest BCUT2D eigenvalue weighted by Crippen LogP contribution is -2.40. The SMILES string of the molecule is COC(=O)C(C)CN(CCC(C)C)C(=O)COc1ccccc1Cl. The molecule has 1 atom stereocenters. The molecule has 5 nitrogen and oxygen atoms in total. The first-order chi connectivity index (χ1) is 11.3. The fraction of sp³-hybridized carbons (Fsp3) is 0.556. The number of methoxy groups -OCH3 is 1. The molecular formula is C18H26ClNO4. The van der Waals surface area contributed by atoms with Gasteiger partial charge in [-0.3, -0.25) is 9.59 Å². The van der Waals surface area contributed by atoms with E-state index in [9.17, 15) is 9.59 Å². The number of esters is 1. The van der Waals surface area contributed by atoms with Gasteiger partial charge in [-0.2, -0.15) is 0 Å². The quantitative estimate of drug-likeness (QED) is 0.637.